The van der Waals surface area contributed by atoms with E-state index in [1.54, 1.807) is 0 Å². The van der Waals surface area contributed by atoms with Crippen LogP contribution in [0.1, 0.15) is 31.2 Å². The summed E-state index contributed by atoms with van der Waals surface area (Å²) < 4.78 is 1.85. The first-order valence-corrected chi connectivity index (χ1v) is 6.55. The lowest BCUT2D eigenvalue weighted by Gasteiger charge is -2.19. The van der Waals surface area contributed by atoms with Gasteiger partial charge in [-0.15, -0.1) is 0 Å². The van der Waals surface area contributed by atoms with Crippen LogP contribution in [0.5, 0.6) is 0 Å². The lowest BCUT2D eigenvalue weighted by Crippen LogP contribution is -2.30. The van der Waals surface area contributed by atoms with Crippen LogP contribution in [0.25, 0.3) is 0 Å². The Balaban J connectivity index is 1.98. The molecule has 1 aromatic rings. The maximum absolute atomic E-state index is 11.9. The maximum Gasteiger partial charge on any atom is 0.253 e. The quantitative estimate of drug-likeness (QED) is 0.864. The third kappa shape index (κ3) is 2.78. The van der Waals surface area contributed by atoms with Crippen molar-refractivity contribution in [1.82, 2.24) is 9.88 Å². The Kier molecular flexibility index (Phi) is 4.00. The van der Waals surface area contributed by atoms with E-state index in [9.17, 15) is 4.79 Å². The summed E-state index contributed by atoms with van der Waals surface area (Å²) in [5.74, 6) is 0.729. The first-order valence-electron chi connectivity index (χ1n) is 6.55. The summed E-state index contributed by atoms with van der Waals surface area (Å²) in [5, 5.41) is 3.39. The Morgan fingerprint density at radius 2 is 2.29 bits per heavy atom. The smallest absolute Gasteiger partial charge is 0.253 e. The highest BCUT2D eigenvalue weighted by Crippen LogP contribution is 2.28. The van der Waals surface area contributed by atoms with E-state index in [4.69, 9.17) is 0 Å². The molecule has 1 aromatic heterocycles. The standard InChI is InChI=1S/C14H22N2O/c1-11-5-4-9-16(14(11)17)10-8-12-6-3-7-13(12)15-2/h4-5,9,12-13,15H,3,6-8,10H2,1-2H3. The van der Waals surface area contributed by atoms with Gasteiger partial charge in [-0.3, -0.25) is 4.79 Å². The molecule has 3 nitrogen and oxygen atoms in total. The number of nitrogens with one attached hydrogen (secondary N) is 1. The van der Waals surface area contributed by atoms with Crippen molar-refractivity contribution < 1.29 is 0 Å². The Morgan fingerprint density at radius 3 is 3.06 bits per heavy atom. The number of hydrogen-bond donors (Lipinski definition) is 1. The number of rotatable bonds is 4. The van der Waals surface area contributed by atoms with E-state index < -0.39 is 0 Å². The summed E-state index contributed by atoms with van der Waals surface area (Å²) >= 11 is 0. The zero-order valence-corrected chi connectivity index (χ0v) is 10.8. The van der Waals surface area contributed by atoms with Crippen molar-refractivity contribution >= 4 is 0 Å². The topological polar surface area (TPSA) is 34.0 Å². The summed E-state index contributed by atoms with van der Waals surface area (Å²) in [5.41, 5.74) is 0.996. The SMILES string of the molecule is CNC1CCCC1CCn1cccc(C)c1=O. The summed E-state index contributed by atoms with van der Waals surface area (Å²) in [6.45, 7) is 2.73. The summed E-state index contributed by atoms with van der Waals surface area (Å²) in [6, 6.07) is 4.49. The molecule has 1 N–H and O–H groups in total. The van der Waals surface area contributed by atoms with E-state index in [0.717, 1.165) is 24.4 Å². The van der Waals surface area contributed by atoms with Gasteiger partial charge in [0, 0.05) is 24.3 Å². The minimum atomic E-state index is 0.159. The summed E-state index contributed by atoms with van der Waals surface area (Å²) in [4.78, 5) is 11.9. The molecular formula is C14H22N2O. The minimum Gasteiger partial charge on any atom is -0.317 e. The summed E-state index contributed by atoms with van der Waals surface area (Å²) in [7, 11) is 2.04. The number of hydrogen-bond acceptors (Lipinski definition) is 2. The van der Waals surface area contributed by atoms with E-state index in [1.165, 1.54) is 19.3 Å². The van der Waals surface area contributed by atoms with E-state index in [0.29, 0.717) is 6.04 Å². The average molecular weight is 234 g/mol. The van der Waals surface area contributed by atoms with E-state index in [2.05, 4.69) is 5.32 Å². The molecule has 3 heteroatoms. The predicted molar refractivity (Wildman–Crippen MR) is 70.2 cm³/mol. The molecule has 17 heavy (non-hydrogen) atoms. The van der Waals surface area contributed by atoms with Gasteiger partial charge < -0.3 is 9.88 Å². The van der Waals surface area contributed by atoms with E-state index >= 15 is 0 Å². The van der Waals surface area contributed by atoms with Crippen LogP contribution >= 0.6 is 0 Å². The Labute approximate surface area is 103 Å². The van der Waals surface area contributed by atoms with Gasteiger partial charge in [0.05, 0.1) is 0 Å². The fourth-order valence-corrected chi connectivity index (χ4v) is 2.90. The van der Waals surface area contributed by atoms with E-state index in [1.807, 2.05) is 36.9 Å². The largest absolute Gasteiger partial charge is 0.317 e. The highest BCUT2D eigenvalue weighted by Gasteiger charge is 2.25. The molecule has 0 radical (unpaired) electrons. The lowest BCUT2D eigenvalue weighted by molar-refractivity contribution is 0.375. The number of aryl methyl sites for hydroxylation is 2. The van der Waals surface area contributed by atoms with Crippen LogP contribution in [0.15, 0.2) is 23.1 Å². The Morgan fingerprint density at radius 1 is 1.47 bits per heavy atom. The fourth-order valence-electron chi connectivity index (χ4n) is 2.90. The molecule has 0 saturated heterocycles. The Bertz CT molecular complexity index is 424. The first kappa shape index (κ1) is 12.4. The van der Waals surface area contributed by atoms with Crippen molar-refractivity contribution in [3.8, 4) is 0 Å². The van der Waals surface area contributed by atoms with Crippen LogP contribution < -0.4 is 10.9 Å². The van der Waals surface area contributed by atoms with Gasteiger partial charge in [-0.2, -0.15) is 0 Å². The molecule has 1 saturated carbocycles. The van der Waals surface area contributed by atoms with Crippen molar-refractivity contribution in [3.63, 3.8) is 0 Å². The van der Waals surface area contributed by atoms with Gasteiger partial charge in [-0.1, -0.05) is 12.5 Å². The highest BCUT2D eigenvalue weighted by atomic mass is 16.1. The first-order chi connectivity index (χ1) is 8.22. The normalized spacial score (nSPS) is 24.1. The highest BCUT2D eigenvalue weighted by molar-refractivity contribution is 5.07. The van der Waals surface area contributed by atoms with Gasteiger partial charge in [0.25, 0.3) is 5.56 Å². The van der Waals surface area contributed by atoms with Crippen molar-refractivity contribution in [2.45, 2.75) is 45.2 Å². The second-order valence-corrected chi connectivity index (χ2v) is 5.06. The molecule has 1 aliphatic carbocycles. The number of aromatic nitrogens is 1. The average Bonchev–Trinajstić information content (AvgIpc) is 2.78. The van der Waals surface area contributed by atoms with Crippen molar-refractivity contribution in [1.29, 1.82) is 0 Å². The zero-order valence-electron chi connectivity index (χ0n) is 10.8. The monoisotopic (exact) mass is 234 g/mol. The molecule has 2 atom stereocenters. The fraction of sp³-hybridized carbons (Fsp3) is 0.643. The molecule has 0 aliphatic heterocycles. The molecule has 1 aliphatic rings. The van der Waals surface area contributed by atoms with Crippen molar-refractivity contribution in [2.75, 3.05) is 7.05 Å². The van der Waals surface area contributed by atoms with Crippen LogP contribution in [-0.2, 0) is 6.54 Å². The van der Waals surface area contributed by atoms with Crippen LogP contribution in [-0.4, -0.2) is 17.7 Å². The number of nitrogens with zero attached hydrogens (tertiary/aromatic N) is 1. The lowest BCUT2D eigenvalue weighted by atomic mass is 9.99. The molecule has 0 amide bonds. The second-order valence-electron chi connectivity index (χ2n) is 5.06. The molecule has 0 aromatic carbocycles. The van der Waals surface area contributed by atoms with Gasteiger partial charge >= 0.3 is 0 Å². The van der Waals surface area contributed by atoms with Crippen molar-refractivity contribution in [3.05, 3.63) is 34.2 Å². The molecule has 1 heterocycles. The molecule has 0 spiro atoms. The molecule has 94 valence electrons. The van der Waals surface area contributed by atoms with Crippen molar-refractivity contribution in [2.24, 2.45) is 5.92 Å². The Hall–Kier alpha value is -1.09. The summed E-state index contributed by atoms with van der Waals surface area (Å²) in [6.07, 6.45) is 6.91. The molecular weight excluding hydrogens is 212 g/mol. The third-order valence-corrected chi connectivity index (χ3v) is 3.98. The molecule has 0 bridgehead atoms. The van der Waals surface area contributed by atoms with Crippen LogP contribution in [0.4, 0.5) is 0 Å². The van der Waals surface area contributed by atoms with Crippen LogP contribution in [0, 0.1) is 12.8 Å². The van der Waals surface area contributed by atoms with Gasteiger partial charge in [-0.05, 0) is 45.2 Å². The van der Waals surface area contributed by atoms with Gasteiger partial charge in [0.15, 0.2) is 0 Å². The van der Waals surface area contributed by atoms with Gasteiger partial charge in [-0.25, -0.2) is 0 Å². The second kappa shape index (κ2) is 5.50. The third-order valence-electron chi connectivity index (χ3n) is 3.98. The van der Waals surface area contributed by atoms with E-state index in [-0.39, 0.29) is 5.56 Å². The van der Waals surface area contributed by atoms with Crippen LogP contribution in [0.2, 0.25) is 0 Å². The zero-order chi connectivity index (χ0) is 12.3. The van der Waals surface area contributed by atoms with Gasteiger partial charge in [0.1, 0.15) is 0 Å². The maximum atomic E-state index is 11.9. The number of pyridine rings is 1. The molecule has 2 unspecified atom stereocenters. The minimum absolute atomic E-state index is 0.159. The predicted octanol–water partition coefficient (Wildman–Crippen LogP) is 1.93. The van der Waals surface area contributed by atoms with Gasteiger partial charge in [0.2, 0.25) is 0 Å². The van der Waals surface area contributed by atoms with Crippen LogP contribution in [0.3, 0.4) is 0 Å². The molecule has 1 fully saturated rings. The molecule has 2 rings (SSSR count).